The fraction of sp³-hybridized carbons (Fsp3) is 0.500. The predicted molar refractivity (Wildman–Crippen MR) is 56.2 cm³/mol. The summed E-state index contributed by atoms with van der Waals surface area (Å²) in [5.74, 6) is 1.02. The molecule has 1 aromatic heterocycles. The van der Waals surface area contributed by atoms with Crippen molar-refractivity contribution < 1.29 is 0 Å². The van der Waals surface area contributed by atoms with Gasteiger partial charge in [0.1, 0.15) is 9.52 Å². The molecule has 1 aliphatic heterocycles. The number of hydrogen-bond acceptors (Lipinski definition) is 3. The van der Waals surface area contributed by atoms with Crippen LogP contribution in [0.1, 0.15) is 12.8 Å². The molecule has 0 unspecified atom stereocenters. The lowest BCUT2D eigenvalue weighted by atomic mass is 10.4. The summed E-state index contributed by atoms with van der Waals surface area (Å²) in [5.41, 5.74) is 0. The maximum atomic E-state index is 4.32. The van der Waals surface area contributed by atoms with Crippen molar-refractivity contribution in [2.24, 2.45) is 0 Å². The van der Waals surface area contributed by atoms with E-state index in [1.165, 1.54) is 12.8 Å². The molecule has 0 N–H and O–H groups in total. The second kappa shape index (κ2) is 3.55. The Labute approximate surface area is 85.3 Å². The summed E-state index contributed by atoms with van der Waals surface area (Å²) in [7, 11) is 0. The fourth-order valence-corrected chi connectivity index (χ4v) is 1.69. The number of rotatable bonds is 1. The second-order valence-corrected chi connectivity index (χ2v) is 4.00. The lowest BCUT2D eigenvalue weighted by molar-refractivity contribution is 0.923. The molecule has 2 heterocycles. The molecule has 1 aliphatic rings. The van der Waals surface area contributed by atoms with Crippen LogP contribution in [0.3, 0.4) is 0 Å². The molecule has 0 aliphatic carbocycles. The van der Waals surface area contributed by atoms with Crippen LogP contribution in [-0.2, 0) is 0 Å². The second-order valence-electron chi connectivity index (χ2n) is 2.89. The van der Waals surface area contributed by atoms with E-state index in [1.54, 1.807) is 0 Å². The summed E-state index contributed by atoms with van der Waals surface area (Å²) in [6.45, 7) is 2.27. The minimum absolute atomic E-state index is 0.954. The van der Waals surface area contributed by atoms with Crippen LogP contribution in [0, 0.1) is 3.70 Å². The van der Waals surface area contributed by atoms with Crippen LogP contribution in [0.4, 0.5) is 5.82 Å². The van der Waals surface area contributed by atoms with Crippen molar-refractivity contribution >= 4 is 28.4 Å². The number of nitrogens with zero attached hydrogens (tertiary/aromatic N) is 3. The van der Waals surface area contributed by atoms with Gasteiger partial charge in [-0.15, -0.1) is 0 Å². The van der Waals surface area contributed by atoms with Gasteiger partial charge in [0.2, 0.25) is 0 Å². The predicted octanol–water partition coefficient (Wildman–Crippen LogP) is 1.68. The van der Waals surface area contributed by atoms with Crippen molar-refractivity contribution in [2.75, 3.05) is 18.0 Å². The zero-order valence-electron chi connectivity index (χ0n) is 6.70. The third kappa shape index (κ3) is 1.68. The maximum absolute atomic E-state index is 4.32. The highest BCUT2D eigenvalue weighted by atomic mass is 127. The first-order valence-electron chi connectivity index (χ1n) is 4.09. The zero-order chi connectivity index (χ0) is 8.39. The summed E-state index contributed by atoms with van der Waals surface area (Å²) < 4.78 is 0.954. The van der Waals surface area contributed by atoms with Gasteiger partial charge in [-0.1, -0.05) is 0 Å². The summed E-state index contributed by atoms with van der Waals surface area (Å²) in [6, 6.07) is 0. The Kier molecular flexibility index (Phi) is 2.43. The highest BCUT2D eigenvalue weighted by Crippen LogP contribution is 2.16. The minimum Gasteiger partial charge on any atom is -0.355 e. The van der Waals surface area contributed by atoms with E-state index < -0.39 is 0 Å². The van der Waals surface area contributed by atoms with Crippen molar-refractivity contribution in [1.29, 1.82) is 0 Å². The Morgan fingerprint density at radius 3 is 2.50 bits per heavy atom. The van der Waals surface area contributed by atoms with Crippen molar-refractivity contribution in [1.82, 2.24) is 9.97 Å². The van der Waals surface area contributed by atoms with Gasteiger partial charge in [-0.25, -0.2) is 9.97 Å². The van der Waals surface area contributed by atoms with E-state index in [-0.39, 0.29) is 0 Å². The summed E-state index contributed by atoms with van der Waals surface area (Å²) >= 11 is 2.17. The molecule has 0 radical (unpaired) electrons. The fourth-order valence-electron chi connectivity index (χ4n) is 1.41. The summed E-state index contributed by atoms with van der Waals surface area (Å²) in [4.78, 5) is 10.8. The Hall–Kier alpha value is -0.390. The van der Waals surface area contributed by atoms with Gasteiger partial charge in [-0.2, -0.15) is 0 Å². The van der Waals surface area contributed by atoms with Crippen LogP contribution in [0.2, 0.25) is 0 Å². The van der Waals surface area contributed by atoms with Gasteiger partial charge in [0.25, 0.3) is 0 Å². The SMILES string of the molecule is Ic1cnc(N2CCCC2)cn1. The molecule has 1 fully saturated rings. The third-order valence-electron chi connectivity index (χ3n) is 2.04. The smallest absolute Gasteiger partial charge is 0.147 e. The molecule has 0 spiro atoms. The average Bonchev–Trinajstić information content (AvgIpc) is 2.58. The zero-order valence-corrected chi connectivity index (χ0v) is 8.86. The average molecular weight is 275 g/mol. The van der Waals surface area contributed by atoms with Crippen LogP contribution in [0.5, 0.6) is 0 Å². The van der Waals surface area contributed by atoms with Crippen LogP contribution < -0.4 is 4.90 Å². The molecule has 3 nitrogen and oxygen atoms in total. The highest BCUT2D eigenvalue weighted by Gasteiger charge is 2.12. The van der Waals surface area contributed by atoms with Gasteiger partial charge in [-0.05, 0) is 35.4 Å². The quantitative estimate of drug-likeness (QED) is 0.730. The van der Waals surface area contributed by atoms with Crippen molar-refractivity contribution in [3.8, 4) is 0 Å². The van der Waals surface area contributed by atoms with E-state index in [1.807, 2.05) is 12.4 Å². The van der Waals surface area contributed by atoms with Crippen LogP contribution in [-0.4, -0.2) is 23.1 Å². The van der Waals surface area contributed by atoms with E-state index >= 15 is 0 Å². The Bertz CT molecular complexity index is 254. The molecule has 1 aromatic rings. The van der Waals surface area contributed by atoms with Gasteiger partial charge >= 0.3 is 0 Å². The van der Waals surface area contributed by atoms with Gasteiger partial charge in [0.05, 0.1) is 12.4 Å². The van der Waals surface area contributed by atoms with E-state index in [0.29, 0.717) is 0 Å². The Morgan fingerprint density at radius 2 is 1.92 bits per heavy atom. The molecule has 64 valence electrons. The van der Waals surface area contributed by atoms with E-state index in [2.05, 4.69) is 37.5 Å². The number of hydrogen-bond donors (Lipinski definition) is 0. The lowest BCUT2D eigenvalue weighted by Crippen LogP contribution is -2.19. The Balaban J connectivity index is 2.17. The molecule has 0 bridgehead atoms. The van der Waals surface area contributed by atoms with Crippen LogP contribution in [0.15, 0.2) is 12.4 Å². The van der Waals surface area contributed by atoms with Gasteiger partial charge in [0.15, 0.2) is 0 Å². The molecule has 0 amide bonds. The largest absolute Gasteiger partial charge is 0.355 e. The van der Waals surface area contributed by atoms with Gasteiger partial charge in [0, 0.05) is 13.1 Å². The summed E-state index contributed by atoms with van der Waals surface area (Å²) in [6.07, 6.45) is 6.24. The van der Waals surface area contributed by atoms with Gasteiger partial charge < -0.3 is 4.90 Å². The molecule has 0 saturated carbocycles. The first-order valence-corrected chi connectivity index (χ1v) is 5.16. The molecular formula is C8H10IN3. The van der Waals surface area contributed by atoms with E-state index in [4.69, 9.17) is 0 Å². The minimum atomic E-state index is 0.954. The van der Waals surface area contributed by atoms with Crippen molar-refractivity contribution in [3.05, 3.63) is 16.1 Å². The first-order chi connectivity index (χ1) is 5.86. The third-order valence-corrected chi connectivity index (χ3v) is 2.59. The normalized spacial score (nSPS) is 16.9. The molecule has 0 aromatic carbocycles. The highest BCUT2D eigenvalue weighted by molar-refractivity contribution is 14.1. The van der Waals surface area contributed by atoms with E-state index in [0.717, 1.165) is 22.6 Å². The van der Waals surface area contributed by atoms with Crippen molar-refractivity contribution in [3.63, 3.8) is 0 Å². The molecule has 1 saturated heterocycles. The number of anilines is 1. The lowest BCUT2D eigenvalue weighted by Gasteiger charge is -2.14. The molecule has 2 rings (SSSR count). The van der Waals surface area contributed by atoms with Crippen molar-refractivity contribution in [2.45, 2.75) is 12.8 Å². The molecule has 0 atom stereocenters. The van der Waals surface area contributed by atoms with E-state index in [9.17, 15) is 0 Å². The number of halogens is 1. The maximum Gasteiger partial charge on any atom is 0.147 e. The van der Waals surface area contributed by atoms with Crippen LogP contribution in [0.25, 0.3) is 0 Å². The Morgan fingerprint density at radius 1 is 1.17 bits per heavy atom. The number of aromatic nitrogens is 2. The molecule has 4 heteroatoms. The molecular weight excluding hydrogens is 265 g/mol. The first kappa shape index (κ1) is 8.22. The molecule has 12 heavy (non-hydrogen) atoms. The standard InChI is InChI=1S/C8H10IN3/c9-7-5-11-8(6-10-7)12-3-1-2-4-12/h5-6H,1-4H2. The topological polar surface area (TPSA) is 29.0 Å². The van der Waals surface area contributed by atoms with Gasteiger partial charge in [-0.3, -0.25) is 0 Å². The summed E-state index contributed by atoms with van der Waals surface area (Å²) in [5, 5.41) is 0. The van der Waals surface area contributed by atoms with Crippen LogP contribution >= 0.6 is 22.6 Å². The monoisotopic (exact) mass is 275 g/mol.